The lowest BCUT2D eigenvalue weighted by molar-refractivity contribution is 1.07. The molecule has 0 atom stereocenters. The molecule has 0 amide bonds. The number of benzene rings is 9. The fourth-order valence-corrected chi connectivity index (χ4v) is 7.92. The molecule has 0 fully saturated rings. The molecular formula is C56H36N4. The Morgan fingerprint density at radius 1 is 0.283 bits per heavy atom. The van der Waals surface area contributed by atoms with E-state index in [9.17, 15) is 5.26 Å². The monoisotopic (exact) mass is 764 g/mol. The van der Waals surface area contributed by atoms with Crippen LogP contribution in [0.25, 0.3) is 101 Å². The van der Waals surface area contributed by atoms with Gasteiger partial charge in [0.25, 0.3) is 0 Å². The van der Waals surface area contributed by atoms with Gasteiger partial charge in [0.1, 0.15) is 0 Å². The summed E-state index contributed by atoms with van der Waals surface area (Å²) in [5.74, 6) is 1.75. The zero-order chi connectivity index (χ0) is 40.3. The highest BCUT2D eigenvalue weighted by Crippen LogP contribution is 2.41. The minimum atomic E-state index is 0.577. The van der Waals surface area contributed by atoms with Crippen molar-refractivity contribution in [3.05, 3.63) is 224 Å². The van der Waals surface area contributed by atoms with Crippen LogP contribution in [0.2, 0.25) is 0 Å². The van der Waals surface area contributed by atoms with Crippen LogP contribution in [0.5, 0.6) is 0 Å². The van der Waals surface area contributed by atoms with E-state index in [1.54, 1.807) is 0 Å². The molecule has 0 aliphatic heterocycles. The number of nitriles is 1. The maximum Gasteiger partial charge on any atom is 0.164 e. The molecule has 10 rings (SSSR count). The minimum Gasteiger partial charge on any atom is -0.208 e. The molecule has 10 aromatic rings. The van der Waals surface area contributed by atoms with Crippen molar-refractivity contribution in [3.8, 4) is 95.9 Å². The van der Waals surface area contributed by atoms with Crippen molar-refractivity contribution in [2.45, 2.75) is 0 Å². The molecule has 4 heteroatoms. The van der Waals surface area contributed by atoms with Gasteiger partial charge in [0.2, 0.25) is 0 Å². The first-order valence-corrected chi connectivity index (χ1v) is 20.0. The van der Waals surface area contributed by atoms with E-state index in [1.165, 1.54) is 27.5 Å². The Hall–Kier alpha value is -8.26. The molecule has 9 aromatic carbocycles. The van der Waals surface area contributed by atoms with Crippen molar-refractivity contribution in [2.24, 2.45) is 0 Å². The summed E-state index contributed by atoms with van der Waals surface area (Å²) < 4.78 is 0. The molecule has 0 unspecified atom stereocenters. The van der Waals surface area contributed by atoms with Crippen LogP contribution in [0.4, 0.5) is 0 Å². The van der Waals surface area contributed by atoms with Gasteiger partial charge in [0.15, 0.2) is 17.5 Å². The second-order valence-corrected chi connectivity index (χ2v) is 14.8. The molecule has 0 aliphatic rings. The van der Waals surface area contributed by atoms with Gasteiger partial charge in [0.05, 0.1) is 11.6 Å². The molecule has 0 aliphatic carbocycles. The van der Waals surface area contributed by atoms with Gasteiger partial charge >= 0.3 is 0 Å². The first-order valence-electron chi connectivity index (χ1n) is 20.0. The number of aromatic nitrogens is 3. The highest BCUT2D eigenvalue weighted by atomic mass is 15.0. The first-order chi connectivity index (χ1) is 29.7. The lowest BCUT2D eigenvalue weighted by Gasteiger charge is -2.17. The van der Waals surface area contributed by atoms with Crippen LogP contribution in [0.15, 0.2) is 218 Å². The highest BCUT2D eigenvalue weighted by Gasteiger charge is 2.17. The Labute approximate surface area is 349 Å². The molecule has 0 saturated carbocycles. The normalized spacial score (nSPS) is 11.0. The fraction of sp³-hybridized carbons (Fsp3) is 0. The standard InChI is InChI=1S/C56H36N4/c57-37-38-12-9-19-46(34-38)42-26-31-45(32-27-42)55-58-54(44-29-24-41(25-30-44)39-13-3-1-4-14-39)59-56(60-55)50-21-10-20-48(36-50)51-22-11-23-52(53(51)43-16-5-2-6-17-43)49-33-28-40-15-7-8-18-47(40)35-49/h1-36H. The van der Waals surface area contributed by atoms with Crippen LogP contribution < -0.4 is 0 Å². The van der Waals surface area contributed by atoms with Crippen LogP contribution >= 0.6 is 0 Å². The molecule has 60 heavy (non-hydrogen) atoms. The van der Waals surface area contributed by atoms with Crippen molar-refractivity contribution in [3.63, 3.8) is 0 Å². The Bertz CT molecular complexity index is 3190. The minimum absolute atomic E-state index is 0.577. The first kappa shape index (κ1) is 36.1. The molecule has 0 spiro atoms. The van der Waals surface area contributed by atoms with Crippen LogP contribution in [-0.2, 0) is 0 Å². The quantitative estimate of drug-likeness (QED) is 0.155. The lowest BCUT2D eigenvalue weighted by Crippen LogP contribution is -2.00. The third-order valence-electron chi connectivity index (χ3n) is 11.0. The Balaban J connectivity index is 1.10. The SMILES string of the molecule is N#Cc1cccc(-c2ccc(-c3nc(-c4ccc(-c5ccccc5)cc4)nc(-c4cccc(-c5cccc(-c6ccc7ccccc7c6)c5-c5ccccc5)c4)n3)cc2)c1. The van der Waals surface area contributed by atoms with Gasteiger partial charge in [0, 0.05) is 16.7 Å². The summed E-state index contributed by atoms with van der Waals surface area (Å²) in [5.41, 5.74) is 14.4. The van der Waals surface area contributed by atoms with Gasteiger partial charge in [-0.1, -0.05) is 194 Å². The smallest absolute Gasteiger partial charge is 0.164 e. The molecule has 0 saturated heterocycles. The third kappa shape index (κ3) is 7.24. The summed E-state index contributed by atoms with van der Waals surface area (Å²) in [6.45, 7) is 0. The van der Waals surface area contributed by atoms with Gasteiger partial charge in [-0.05, 0) is 90.7 Å². The molecule has 280 valence electrons. The van der Waals surface area contributed by atoms with E-state index in [0.29, 0.717) is 23.0 Å². The zero-order valence-electron chi connectivity index (χ0n) is 32.6. The molecule has 0 N–H and O–H groups in total. The van der Waals surface area contributed by atoms with E-state index in [0.717, 1.165) is 55.6 Å². The third-order valence-corrected chi connectivity index (χ3v) is 11.0. The van der Waals surface area contributed by atoms with Crippen molar-refractivity contribution in [1.29, 1.82) is 5.26 Å². The van der Waals surface area contributed by atoms with Crippen LogP contribution in [0.3, 0.4) is 0 Å². The average molecular weight is 765 g/mol. The molecule has 4 nitrogen and oxygen atoms in total. The van der Waals surface area contributed by atoms with E-state index in [4.69, 9.17) is 15.0 Å². The zero-order valence-corrected chi connectivity index (χ0v) is 32.6. The molecule has 1 heterocycles. The predicted octanol–water partition coefficient (Wildman–Crippen LogP) is 14.2. The summed E-state index contributed by atoms with van der Waals surface area (Å²) in [7, 11) is 0. The van der Waals surface area contributed by atoms with E-state index >= 15 is 0 Å². The predicted molar refractivity (Wildman–Crippen MR) is 246 cm³/mol. The molecule has 1 aromatic heterocycles. The van der Waals surface area contributed by atoms with Crippen LogP contribution in [0, 0.1) is 11.3 Å². The molecule has 0 radical (unpaired) electrons. The number of rotatable bonds is 8. The van der Waals surface area contributed by atoms with Crippen molar-refractivity contribution in [2.75, 3.05) is 0 Å². The van der Waals surface area contributed by atoms with Gasteiger partial charge in [-0.15, -0.1) is 0 Å². The maximum absolute atomic E-state index is 9.48. The van der Waals surface area contributed by atoms with Crippen LogP contribution in [0.1, 0.15) is 5.56 Å². The topological polar surface area (TPSA) is 62.5 Å². The molecular weight excluding hydrogens is 729 g/mol. The number of fused-ring (bicyclic) bond motifs is 1. The van der Waals surface area contributed by atoms with E-state index in [2.05, 4.69) is 182 Å². The summed E-state index contributed by atoms with van der Waals surface area (Å²) in [6, 6.07) is 77.8. The van der Waals surface area contributed by atoms with Gasteiger partial charge in [-0.3, -0.25) is 0 Å². The summed E-state index contributed by atoms with van der Waals surface area (Å²) in [4.78, 5) is 15.3. The largest absolute Gasteiger partial charge is 0.208 e. The van der Waals surface area contributed by atoms with Crippen molar-refractivity contribution < 1.29 is 0 Å². The lowest BCUT2D eigenvalue weighted by atomic mass is 9.87. The number of hydrogen-bond donors (Lipinski definition) is 0. The second kappa shape index (κ2) is 15.9. The van der Waals surface area contributed by atoms with Crippen molar-refractivity contribution >= 4 is 10.8 Å². The van der Waals surface area contributed by atoms with E-state index in [1.807, 2.05) is 42.5 Å². The molecule has 0 bridgehead atoms. The van der Waals surface area contributed by atoms with Gasteiger partial charge < -0.3 is 0 Å². The van der Waals surface area contributed by atoms with Crippen molar-refractivity contribution in [1.82, 2.24) is 15.0 Å². The van der Waals surface area contributed by atoms with E-state index in [-0.39, 0.29) is 0 Å². The second-order valence-electron chi connectivity index (χ2n) is 14.8. The van der Waals surface area contributed by atoms with Gasteiger partial charge in [-0.2, -0.15) is 5.26 Å². The number of hydrogen-bond acceptors (Lipinski definition) is 4. The summed E-state index contributed by atoms with van der Waals surface area (Å²) in [5, 5.41) is 11.9. The number of nitrogens with zero attached hydrogens (tertiary/aromatic N) is 4. The van der Waals surface area contributed by atoms with Crippen LogP contribution in [-0.4, -0.2) is 15.0 Å². The average Bonchev–Trinajstić information content (AvgIpc) is 3.34. The summed E-state index contributed by atoms with van der Waals surface area (Å²) >= 11 is 0. The Morgan fingerprint density at radius 2 is 0.717 bits per heavy atom. The summed E-state index contributed by atoms with van der Waals surface area (Å²) in [6.07, 6.45) is 0. The highest BCUT2D eigenvalue weighted by molar-refractivity contribution is 5.97. The Kier molecular flexibility index (Phi) is 9.59. The van der Waals surface area contributed by atoms with Gasteiger partial charge in [-0.25, -0.2) is 15.0 Å². The maximum atomic E-state index is 9.48. The fourth-order valence-electron chi connectivity index (χ4n) is 7.92. The van der Waals surface area contributed by atoms with E-state index < -0.39 is 0 Å². The Morgan fingerprint density at radius 3 is 1.37 bits per heavy atom.